The highest BCUT2D eigenvalue weighted by Crippen LogP contribution is 2.23. The summed E-state index contributed by atoms with van der Waals surface area (Å²) in [6, 6.07) is 13.9. The van der Waals surface area contributed by atoms with Crippen LogP contribution in [0.3, 0.4) is 0 Å². The zero-order valence-corrected chi connectivity index (χ0v) is 17.6. The number of nitrogens with one attached hydrogen (secondary N) is 1. The van der Waals surface area contributed by atoms with Gasteiger partial charge in [0.2, 0.25) is 15.9 Å². The molecule has 0 aliphatic rings. The van der Waals surface area contributed by atoms with Crippen LogP contribution in [0.1, 0.15) is 24.5 Å². The van der Waals surface area contributed by atoms with Gasteiger partial charge in [0.15, 0.2) is 0 Å². The lowest BCUT2D eigenvalue weighted by Crippen LogP contribution is -2.50. The fraction of sp³-hybridized carbons (Fsp3) is 0.381. The molecule has 0 fully saturated rings. The Morgan fingerprint density at radius 1 is 1.11 bits per heavy atom. The first kappa shape index (κ1) is 21.8. The number of anilines is 1. The Balaban J connectivity index is 2.04. The molecule has 0 heterocycles. The summed E-state index contributed by atoms with van der Waals surface area (Å²) in [5, 5.41) is 2.78. The van der Waals surface area contributed by atoms with Crippen LogP contribution in [0.4, 0.5) is 5.69 Å². The van der Waals surface area contributed by atoms with Gasteiger partial charge in [-0.1, -0.05) is 36.8 Å². The van der Waals surface area contributed by atoms with Crippen molar-refractivity contribution in [1.29, 1.82) is 0 Å². The third-order valence-electron chi connectivity index (χ3n) is 4.28. The lowest BCUT2D eigenvalue weighted by molar-refractivity contribution is -0.122. The number of benzene rings is 2. The minimum Gasteiger partial charge on any atom is -0.492 e. The number of carbonyl (C=O) groups is 1. The molecule has 28 heavy (non-hydrogen) atoms. The number of hydrogen-bond donors (Lipinski definition) is 1. The first-order valence-electron chi connectivity index (χ1n) is 9.25. The van der Waals surface area contributed by atoms with Gasteiger partial charge in [-0.3, -0.25) is 9.10 Å². The minimum atomic E-state index is -3.62. The van der Waals surface area contributed by atoms with Gasteiger partial charge in [-0.2, -0.15) is 0 Å². The molecule has 0 radical (unpaired) electrons. The van der Waals surface area contributed by atoms with Gasteiger partial charge < -0.3 is 10.1 Å². The van der Waals surface area contributed by atoms with E-state index in [1.807, 2.05) is 50.2 Å². The summed E-state index contributed by atoms with van der Waals surface area (Å²) in [6.45, 7) is 6.28. The monoisotopic (exact) mass is 404 g/mol. The standard InChI is InChI=1S/C21H28N2O4S/c1-5-20(23(28(4,25)26)18-11-9-16(2)10-12-18)21(24)22-13-14-27-19-8-6-7-17(3)15-19/h6-12,15,20H,5,13-14H2,1-4H3,(H,22,24). The molecule has 0 saturated heterocycles. The van der Waals surface area contributed by atoms with Gasteiger partial charge in [0, 0.05) is 0 Å². The van der Waals surface area contributed by atoms with E-state index in [0.717, 1.165) is 23.1 Å². The Labute approximate surface area is 167 Å². The summed E-state index contributed by atoms with van der Waals surface area (Å²) in [4.78, 5) is 12.7. The van der Waals surface area contributed by atoms with Crippen LogP contribution in [0, 0.1) is 13.8 Å². The maximum absolute atomic E-state index is 12.7. The molecule has 1 N–H and O–H groups in total. The van der Waals surface area contributed by atoms with E-state index in [2.05, 4.69) is 5.32 Å². The molecule has 2 aromatic carbocycles. The first-order chi connectivity index (χ1) is 13.2. The van der Waals surface area contributed by atoms with E-state index in [1.165, 1.54) is 4.31 Å². The van der Waals surface area contributed by atoms with Crippen molar-refractivity contribution >= 4 is 21.6 Å². The van der Waals surface area contributed by atoms with Crippen molar-refractivity contribution in [1.82, 2.24) is 5.32 Å². The SMILES string of the molecule is CCC(C(=O)NCCOc1cccc(C)c1)N(c1ccc(C)cc1)S(C)(=O)=O. The van der Waals surface area contributed by atoms with Gasteiger partial charge in [-0.15, -0.1) is 0 Å². The molecule has 0 aromatic heterocycles. The smallest absolute Gasteiger partial charge is 0.244 e. The molecular formula is C21H28N2O4S. The Morgan fingerprint density at radius 3 is 2.36 bits per heavy atom. The van der Waals surface area contributed by atoms with Gasteiger partial charge in [0.25, 0.3) is 0 Å². The van der Waals surface area contributed by atoms with Gasteiger partial charge in [0.05, 0.1) is 18.5 Å². The average Bonchev–Trinajstić information content (AvgIpc) is 2.63. The number of ether oxygens (including phenoxy) is 1. The maximum Gasteiger partial charge on any atom is 0.244 e. The largest absolute Gasteiger partial charge is 0.492 e. The molecule has 0 aliphatic carbocycles. The Hall–Kier alpha value is -2.54. The van der Waals surface area contributed by atoms with Crippen LogP contribution in [0.25, 0.3) is 0 Å². The fourth-order valence-corrected chi connectivity index (χ4v) is 4.13. The molecule has 1 atom stereocenters. The second-order valence-corrected chi connectivity index (χ2v) is 8.63. The molecule has 1 unspecified atom stereocenters. The molecule has 152 valence electrons. The molecule has 0 saturated carbocycles. The van der Waals surface area contributed by atoms with E-state index >= 15 is 0 Å². The van der Waals surface area contributed by atoms with Crippen LogP contribution in [-0.2, 0) is 14.8 Å². The molecule has 2 rings (SSSR count). The highest BCUT2D eigenvalue weighted by Gasteiger charge is 2.31. The molecule has 6 nitrogen and oxygen atoms in total. The quantitative estimate of drug-likeness (QED) is 0.652. The number of aryl methyl sites for hydroxylation is 2. The van der Waals surface area contributed by atoms with Crippen molar-refractivity contribution in [3.8, 4) is 5.75 Å². The summed E-state index contributed by atoms with van der Waals surface area (Å²) in [5.41, 5.74) is 2.59. The molecule has 0 bridgehead atoms. The van der Waals surface area contributed by atoms with Crippen LogP contribution >= 0.6 is 0 Å². The van der Waals surface area contributed by atoms with E-state index in [9.17, 15) is 13.2 Å². The van der Waals surface area contributed by atoms with Gasteiger partial charge in [-0.25, -0.2) is 8.42 Å². The summed E-state index contributed by atoms with van der Waals surface area (Å²) < 4.78 is 31.6. The predicted molar refractivity (Wildman–Crippen MR) is 112 cm³/mol. The lowest BCUT2D eigenvalue weighted by atomic mass is 10.1. The average molecular weight is 405 g/mol. The molecular weight excluding hydrogens is 376 g/mol. The van der Waals surface area contributed by atoms with Crippen molar-refractivity contribution in [2.24, 2.45) is 0 Å². The number of amides is 1. The van der Waals surface area contributed by atoms with Crippen molar-refractivity contribution < 1.29 is 17.9 Å². The zero-order valence-electron chi connectivity index (χ0n) is 16.8. The summed E-state index contributed by atoms with van der Waals surface area (Å²) in [6.07, 6.45) is 1.47. The zero-order chi connectivity index (χ0) is 20.7. The third-order valence-corrected chi connectivity index (χ3v) is 5.46. The van der Waals surface area contributed by atoms with Gasteiger partial charge in [-0.05, 0) is 50.1 Å². The number of rotatable bonds is 9. The number of carbonyl (C=O) groups excluding carboxylic acids is 1. The van der Waals surface area contributed by atoms with E-state index < -0.39 is 16.1 Å². The maximum atomic E-state index is 12.7. The molecule has 0 spiro atoms. The fourth-order valence-electron chi connectivity index (χ4n) is 2.92. The highest BCUT2D eigenvalue weighted by atomic mass is 32.2. The van der Waals surface area contributed by atoms with Crippen molar-refractivity contribution in [3.63, 3.8) is 0 Å². The highest BCUT2D eigenvalue weighted by molar-refractivity contribution is 7.92. The van der Waals surface area contributed by atoms with Crippen LogP contribution in [0.2, 0.25) is 0 Å². The van der Waals surface area contributed by atoms with Crippen LogP contribution < -0.4 is 14.4 Å². The minimum absolute atomic E-state index is 0.286. The number of hydrogen-bond acceptors (Lipinski definition) is 4. The molecule has 7 heteroatoms. The predicted octanol–water partition coefficient (Wildman–Crippen LogP) is 3.04. The molecule has 0 aliphatic heterocycles. The van der Waals surface area contributed by atoms with E-state index in [0.29, 0.717) is 18.7 Å². The lowest BCUT2D eigenvalue weighted by Gasteiger charge is -2.30. The van der Waals surface area contributed by atoms with Crippen LogP contribution in [0.5, 0.6) is 5.75 Å². The van der Waals surface area contributed by atoms with Gasteiger partial charge in [0.1, 0.15) is 18.4 Å². The van der Waals surface area contributed by atoms with E-state index in [-0.39, 0.29) is 12.5 Å². The van der Waals surface area contributed by atoms with E-state index in [1.54, 1.807) is 19.1 Å². The Morgan fingerprint density at radius 2 is 1.79 bits per heavy atom. The Bertz CT molecular complexity index is 895. The van der Waals surface area contributed by atoms with Crippen molar-refractivity contribution in [2.45, 2.75) is 33.2 Å². The molecule has 2 aromatic rings. The first-order valence-corrected chi connectivity index (χ1v) is 11.1. The van der Waals surface area contributed by atoms with Crippen molar-refractivity contribution in [3.05, 3.63) is 59.7 Å². The number of nitrogens with zero attached hydrogens (tertiary/aromatic N) is 1. The van der Waals surface area contributed by atoms with E-state index in [4.69, 9.17) is 4.74 Å². The van der Waals surface area contributed by atoms with Crippen LogP contribution in [0.15, 0.2) is 48.5 Å². The number of sulfonamides is 1. The van der Waals surface area contributed by atoms with Gasteiger partial charge >= 0.3 is 0 Å². The second kappa shape index (κ2) is 9.59. The topological polar surface area (TPSA) is 75.7 Å². The second-order valence-electron chi connectivity index (χ2n) is 6.77. The normalized spacial score (nSPS) is 12.3. The summed E-state index contributed by atoms with van der Waals surface area (Å²) >= 11 is 0. The van der Waals surface area contributed by atoms with Crippen LogP contribution in [-0.4, -0.2) is 39.8 Å². The summed E-state index contributed by atoms with van der Waals surface area (Å²) in [5.74, 6) is 0.389. The molecule has 1 amide bonds. The summed E-state index contributed by atoms with van der Waals surface area (Å²) in [7, 11) is -3.62. The van der Waals surface area contributed by atoms with Crippen molar-refractivity contribution in [2.75, 3.05) is 23.7 Å². The Kier molecular flexibility index (Phi) is 7.45. The third kappa shape index (κ3) is 5.99.